The molecule has 34 heavy (non-hydrogen) atoms. The van der Waals surface area contributed by atoms with Gasteiger partial charge in [0, 0.05) is 36.0 Å². The van der Waals surface area contributed by atoms with Crippen LogP contribution in [0.25, 0.3) is 0 Å². The largest absolute Gasteiger partial charge is 0.484 e. The fourth-order valence-corrected chi connectivity index (χ4v) is 4.50. The summed E-state index contributed by atoms with van der Waals surface area (Å²) in [5.74, 6) is -0.553. The molecule has 1 aliphatic rings. The van der Waals surface area contributed by atoms with E-state index >= 15 is 0 Å². The quantitative estimate of drug-likeness (QED) is 0.371. The number of carbonyl (C=O) groups is 3. The third-order valence-corrected chi connectivity index (χ3v) is 6.30. The number of rotatable bonds is 10. The zero-order valence-electron chi connectivity index (χ0n) is 20.1. The van der Waals surface area contributed by atoms with E-state index in [4.69, 9.17) is 25.8 Å². The number of amides is 1. The molecule has 0 aliphatic carbocycles. The van der Waals surface area contributed by atoms with Crippen LogP contribution in [0.5, 0.6) is 5.75 Å². The maximum atomic E-state index is 13.4. The van der Waals surface area contributed by atoms with Crippen molar-refractivity contribution < 1.29 is 28.6 Å². The van der Waals surface area contributed by atoms with Gasteiger partial charge in [-0.05, 0) is 63.4 Å². The maximum absolute atomic E-state index is 13.4. The average Bonchev–Trinajstić information content (AvgIpc) is 3.42. The summed E-state index contributed by atoms with van der Waals surface area (Å²) in [6.45, 7) is 6.52. The summed E-state index contributed by atoms with van der Waals surface area (Å²) < 4.78 is 18.0. The van der Waals surface area contributed by atoms with Gasteiger partial charge in [0.1, 0.15) is 11.4 Å². The molecule has 0 radical (unpaired) electrons. The first-order valence-electron chi connectivity index (χ1n) is 11.4. The second kappa shape index (κ2) is 11.5. The van der Waals surface area contributed by atoms with Gasteiger partial charge in [-0.1, -0.05) is 11.6 Å². The molecule has 1 saturated heterocycles. The number of hydrogen-bond acceptors (Lipinski definition) is 6. The second-order valence-electron chi connectivity index (χ2n) is 8.24. The smallest absolute Gasteiger partial charge is 0.354 e. The van der Waals surface area contributed by atoms with Crippen LogP contribution < -0.4 is 4.74 Å². The number of Topliss-reactive ketones (excluding diaryl/α,β-unsaturated/α-hetero) is 1. The van der Waals surface area contributed by atoms with E-state index in [2.05, 4.69) is 0 Å². The van der Waals surface area contributed by atoms with E-state index in [0.29, 0.717) is 53.0 Å². The van der Waals surface area contributed by atoms with Crippen LogP contribution in [0, 0.1) is 13.8 Å². The van der Waals surface area contributed by atoms with E-state index in [1.54, 1.807) is 42.7 Å². The van der Waals surface area contributed by atoms with Gasteiger partial charge >= 0.3 is 5.97 Å². The Hall–Kier alpha value is -2.84. The fraction of sp³-hybridized carbons (Fsp3) is 0.480. The molecule has 1 amide bonds. The van der Waals surface area contributed by atoms with Crippen molar-refractivity contribution in [3.05, 3.63) is 51.8 Å². The van der Waals surface area contributed by atoms with Gasteiger partial charge in [0.2, 0.25) is 0 Å². The van der Waals surface area contributed by atoms with Crippen molar-refractivity contribution in [2.45, 2.75) is 46.3 Å². The summed E-state index contributed by atoms with van der Waals surface area (Å²) in [5.41, 5.74) is 2.02. The molecule has 3 rings (SSSR count). The fourth-order valence-electron chi connectivity index (χ4n) is 4.37. The van der Waals surface area contributed by atoms with Gasteiger partial charge in [-0.3, -0.25) is 9.59 Å². The molecule has 1 fully saturated rings. The number of ketones is 1. The maximum Gasteiger partial charge on any atom is 0.354 e. The third-order valence-electron chi connectivity index (χ3n) is 6.05. The Morgan fingerprint density at radius 3 is 2.50 bits per heavy atom. The third kappa shape index (κ3) is 5.80. The zero-order chi connectivity index (χ0) is 24.8. The van der Waals surface area contributed by atoms with E-state index in [0.717, 1.165) is 12.8 Å². The van der Waals surface area contributed by atoms with Crippen LogP contribution in [-0.4, -0.2) is 66.6 Å². The minimum atomic E-state index is -0.495. The van der Waals surface area contributed by atoms with Gasteiger partial charge in [-0.2, -0.15) is 0 Å². The SMILES string of the molecule is CCn1c(C)c(C(=O)CN(CC2CCCO2)C(=O)COc2ccc(Cl)cc2)c(C)c1C(=O)OC. The summed E-state index contributed by atoms with van der Waals surface area (Å²) in [7, 11) is 1.31. The average molecular weight is 491 g/mol. The number of esters is 1. The summed E-state index contributed by atoms with van der Waals surface area (Å²) in [6, 6.07) is 6.72. The van der Waals surface area contributed by atoms with E-state index in [-0.39, 0.29) is 30.9 Å². The Morgan fingerprint density at radius 2 is 1.91 bits per heavy atom. The van der Waals surface area contributed by atoms with Crippen LogP contribution in [0.4, 0.5) is 0 Å². The molecule has 0 spiro atoms. The van der Waals surface area contributed by atoms with E-state index in [9.17, 15) is 14.4 Å². The van der Waals surface area contributed by atoms with Crippen molar-refractivity contribution in [3.63, 3.8) is 0 Å². The lowest BCUT2D eigenvalue weighted by molar-refractivity contribution is -0.134. The Labute approximate surface area is 204 Å². The lowest BCUT2D eigenvalue weighted by atomic mass is 10.0. The summed E-state index contributed by atoms with van der Waals surface area (Å²) in [4.78, 5) is 40.3. The van der Waals surface area contributed by atoms with Crippen LogP contribution >= 0.6 is 11.6 Å². The molecule has 2 heterocycles. The highest BCUT2D eigenvalue weighted by atomic mass is 35.5. The molecule has 9 heteroatoms. The van der Waals surface area contributed by atoms with Crippen LogP contribution in [0.1, 0.15) is 51.9 Å². The number of aromatic nitrogens is 1. The molecular formula is C25H31ClN2O6. The molecule has 1 unspecified atom stereocenters. The topological polar surface area (TPSA) is 87.1 Å². The molecule has 8 nitrogen and oxygen atoms in total. The van der Waals surface area contributed by atoms with E-state index < -0.39 is 5.97 Å². The van der Waals surface area contributed by atoms with Crippen molar-refractivity contribution in [2.75, 3.05) is 33.4 Å². The van der Waals surface area contributed by atoms with E-state index in [1.165, 1.54) is 12.0 Å². The molecule has 2 aromatic rings. The Bertz CT molecular complexity index is 1040. The summed E-state index contributed by atoms with van der Waals surface area (Å²) >= 11 is 5.90. The minimum absolute atomic E-state index is 0.125. The monoisotopic (exact) mass is 490 g/mol. The highest BCUT2D eigenvalue weighted by Gasteiger charge is 2.30. The van der Waals surface area contributed by atoms with Gasteiger partial charge in [0.25, 0.3) is 5.91 Å². The lowest BCUT2D eigenvalue weighted by Crippen LogP contribution is -2.43. The molecule has 0 N–H and O–H groups in total. The molecule has 0 saturated carbocycles. The van der Waals surface area contributed by atoms with Gasteiger partial charge < -0.3 is 23.7 Å². The first kappa shape index (κ1) is 25.8. The van der Waals surface area contributed by atoms with Crippen molar-refractivity contribution >= 4 is 29.3 Å². The molecule has 1 aromatic heterocycles. The van der Waals surface area contributed by atoms with Crippen molar-refractivity contribution in [1.29, 1.82) is 0 Å². The molecule has 0 bridgehead atoms. The highest BCUT2D eigenvalue weighted by Crippen LogP contribution is 2.24. The number of methoxy groups -OCH3 is 1. The van der Waals surface area contributed by atoms with Gasteiger partial charge in [-0.25, -0.2) is 4.79 Å². The molecule has 1 atom stereocenters. The number of benzene rings is 1. The van der Waals surface area contributed by atoms with Gasteiger partial charge in [0.15, 0.2) is 12.4 Å². The van der Waals surface area contributed by atoms with Crippen LogP contribution in [0.15, 0.2) is 24.3 Å². The normalized spacial score (nSPS) is 15.3. The van der Waals surface area contributed by atoms with Crippen molar-refractivity contribution in [2.24, 2.45) is 0 Å². The Morgan fingerprint density at radius 1 is 1.21 bits per heavy atom. The first-order chi connectivity index (χ1) is 16.3. The predicted octanol–water partition coefficient (Wildman–Crippen LogP) is 3.83. The van der Waals surface area contributed by atoms with Crippen LogP contribution in [0.3, 0.4) is 0 Å². The number of ether oxygens (including phenoxy) is 3. The van der Waals surface area contributed by atoms with Crippen LogP contribution in [0.2, 0.25) is 5.02 Å². The second-order valence-corrected chi connectivity index (χ2v) is 8.68. The number of nitrogens with zero attached hydrogens (tertiary/aromatic N) is 2. The summed E-state index contributed by atoms with van der Waals surface area (Å²) in [6.07, 6.45) is 1.62. The first-order valence-corrected chi connectivity index (χ1v) is 11.7. The standard InChI is InChI=1S/C25H31ClN2O6/c1-5-28-17(3)23(16(2)24(28)25(31)32-4)21(29)14-27(13-20-7-6-12-33-20)22(30)15-34-19-10-8-18(26)9-11-19/h8-11,20H,5-7,12-15H2,1-4H3. The predicted molar refractivity (Wildman–Crippen MR) is 128 cm³/mol. The highest BCUT2D eigenvalue weighted by molar-refractivity contribution is 6.30. The minimum Gasteiger partial charge on any atom is -0.484 e. The lowest BCUT2D eigenvalue weighted by Gasteiger charge is -2.25. The Kier molecular flexibility index (Phi) is 8.74. The number of halogens is 1. The van der Waals surface area contributed by atoms with Gasteiger partial charge in [0.05, 0.1) is 19.8 Å². The van der Waals surface area contributed by atoms with E-state index in [1.807, 2.05) is 6.92 Å². The number of hydrogen-bond donors (Lipinski definition) is 0. The van der Waals surface area contributed by atoms with Crippen molar-refractivity contribution in [3.8, 4) is 5.75 Å². The molecular weight excluding hydrogens is 460 g/mol. The summed E-state index contributed by atoms with van der Waals surface area (Å²) in [5, 5.41) is 0.570. The molecule has 1 aromatic carbocycles. The van der Waals surface area contributed by atoms with Crippen molar-refractivity contribution in [1.82, 2.24) is 9.47 Å². The molecule has 1 aliphatic heterocycles. The van der Waals surface area contributed by atoms with Gasteiger partial charge in [-0.15, -0.1) is 0 Å². The molecule has 184 valence electrons. The zero-order valence-corrected chi connectivity index (χ0v) is 20.8. The number of carbonyl (C=O) groups excluding carboxylic acids is 3. The van der Waals surface area contributed by atoms with Crippen LogP contribution in [-0.2, 0) is 20.8 Å². The Balaban J connectivity index is 1.80.